The third-order valence-electron chi connectivity index (χ3n) is 9.66. The average molecular weight is 638 g/mol. The maximum absolute atomic E-state index is 9.98. The van der Waals surface area contributed by atoms with Crippen LogP contribution in [0.4, 0.5) is 0 Å². The van der Waals surface area contributed by atoms with E-state index in [2.05, 4.69) is 182 Å². The van der Waals surface area contributed by atoms with Gasteiger partial charge in [-0.3, -0.25) is 0 Å². The highest BCUT2D eigenvalue weighted by Crippen LogP contribution is 2.35. The Morgan fingerprint density at radius 3 is 1.40 bits per heavy atom. The van der Waals surface area contributed by atoms with E-state index in [0.717, 1.165) is 34.2 Å². The lowest BCUT2D eigenvalue weighted by Gasteiger charge is -2.18. The molecule has 0 N–H and O–H groups in total. The van der Waals surface area contributed by atoms with E-state index in [0.29, 0.717) is 11.5 Å². The number of benzene rings is 7. The molecule has 8 rings (SSSR count). The highest BCUT2D eigenvalue weighted by molar-refractivity contribution is 5.80. The molecule has 0 saturated carbocycles. The van der Waals surface area contributed by atoms with E-state index in [9.17, 15) is 5.26 Å². The van der Waals surface area contributed by atoms with E-state index in [-0.39, 0.29) is 0 Å². The Morgan fingerprint density at radius 1 is 0.400 bits per heavy atom. The molecule has 0 fully saturated rings. The Labute approximate surface area is 294 Å². The molecule has 0 spiro atoms. The lowest BCUT2D eigenvalue weighted by molar-refractivity contribution is 0.857. The first-order chi connectivity index (χ1) is 24.7. The van der Waals surface area contributed by atoms with E-state index in [1.807, 2.05) is 18.2 Å². The second-order valence-corrected chi connectivity index (χ2v) is 12.9. The first kappa shape index (κ1) is 30.8. The minimum Gasteiger partial charge on any atom is -0.192 e. The van der Waals surface area contributed by atoms with E-state index >= 15 is 0 Å². The molecule has 7 aromatic carbocycles. The molecule has 1 unspecified atom stereocenters. The van der Waals surface area contributed by atoms with Gasteiger partial charge in [0.1, 0.15) is 0 Å². The molecule has 1 heteroatoms. The van der Waals surface area contributed by atoms with Crippen LogP contribution in [-0.2, 0) is 0 Å². The predicted molar refractivity (Wildman–Crippen MR) is 209 cm³/mol. The van der Waals surface area contributed by atoms with Gasteiger partial charge in [-0.2, -0.15) is 5.26 Å². The van der Waals surface area contributed by atoms with Gasteiger partial charge in [-0.1, -0.05) is 170 Å². The standard InChI is InChI=1S/C49H35N/c50-34-35-29-48(33-49(30-35)47-16-8-15-46(32-47)41-23-19-39(20-24-41)37-11-5-2-6-12-37)43-27-25-42(26-28-43)45-14-7-13-44(31-45)40-21-17-38(18-22-40)36-9-3-1-4-10-36/h1-23,25-33,41H,24H2. The first-order valence-electron chi connectivity index (χ1n) is 17.2. The van der Waals surface area contributed by atoms with Crippen molar-refractivity contribution in [2.24, 2.45) is 0 Å². The molecule has 1 atom stereocenters. The average Bonchev–Trinajstić information content (AvgIpc) is 3.21. The Balaban J connectivity index is 1.02. The molecule has 0 saturated heterocycles. The quantitative estimate of drug-likeness (QED) is 0.171. The van der Waals surface area contributed by atoms with Crippen LogP contribution in [0.25, 0.3) is 61.2 Å². The number of nitrogens with zero attached hydrogens (tertiary/aromatic N) is 1. The van der Waals surface area contributed by atoms with Gasteiger partial charge in [0.25, 0.3) is 0 Å². The molecule has 50 heavy (non-hydrogen) atoms. The normalized spacial score (nSPS) is 13.7. The number of allylic oxidation sites excluding steroid dienone is 4. The van der Waals surface area contributed by atoms with Crippen LogP contribution in [0.15, 0.2) is 194 Å². The van der Waals surface area contributed by atoms with Crippen molar-refractivity contribution in [1.82, 2.24) is 0 Å². The zero-order chi connectivity index (χ0) is 33.7. The second-order valence-electron chi connectivity index (χ2n) is 12.9. The van der Waals surface area contributed by atoms with Crippen LogP contribution >= 0.6 is 0 Å². The summed E-state index contributed by atoms with van der Waals surface area (Å²) in [7, 11) is 0. The van der Waals surface area contributed by atoms with Crippen LogP contribution < -0.4 is 0 Å². The minimum absolute atomic E-state index is 0.320. The van der Waals surface area contributed by atoms with Crippen LogP contribution in [0.2, 0.25) is 0 Å². The smallest absolute Gasteiger partial charge is 0.0992 e. The molecule has 0 aliphatic heterocycles. The van der Waals surface area contributed by atoms with Crippen LogP contribution in [-0.4, -0.2) is 0 Å². The fourth-order valence-corrected chi connectivity index (χ4v) is 6.91. The van der Waals surface area contributed by atoms with Crippen molar-refractivity contribution >= 4 is 5.57 Å². The van der Waals surface area contributed by atoms with E-state index < -0.39 is 0 Å². The van der Waals surface area contributed by atoms with Crippen molar-refractivity contribution in [1.29, 1.82) is 5.26 Å². The molecule has 1 aliphatic rings. The number of rotatable bonds is 7. The Kier molecular flexibility index (Phi) is 8.59. The zero-order valence-electron chi connectivity index (χ0n) is 27.7. The molecule has 0 bridgehead atoms. The fourth-order valence-electron chi connectivity index (χ4n) is 6.91. The van der Waals surface area contributed by atoms with Crippen molar-refractivity contribution in [2.75, 3.05) is 0 Å². The largest absolute Gasteiger partial charge is 0.192 e. The van der Waals surface area contributed by atoms with Gasteiger partial charge in [0, 0.05) is 5.92 Å². The highest BCUT2D eigenvalue weighted by Gasteiger charge is 2.14. The van der Waals surface area contributed by atoms with E-state index in [1.54, 1.807) is 0 Å². The summed E-state index contributed by atoms with van der Waals surface area (Å²) in [5.74, 6) is 0.320. The van der Waals surface area contributed by atoms with Crippen LogP contribution in [0.1, 0.15) is 29.0 Å². The Bertz CT molecular complexity index is 2370. The van der Waals surface area contributed by atoms with Gasteiger partial charge in [-0.25, -0.2) is 0 Å². The molecule has 1 nitrogen and oxygen atoms in total. The molecule has 0 aromatic heterocycles. The van der Waals surface area contributed by atoms with Gasteiger partial charge in [0.2, 0.25) is 0 Å². The molecular formula is C49H35N. The minimum atomic E-state index is 0.320. The Morgan fingerprint density at radius 2 is 0.840 bits per heavy atom. The summed E-state index contributed by atoms with van der Waals surface area (Å²) >= 11 is 0. The van der Waals surface area contributed by atoms with Gasteiger partial charge >= 0.3 is 0 Å². The number of hydrogen-bond acceptors (Lipinski definition) is 1. The third kappa shape index (κ3) is 6.61. The van der Waals surface area contributed by atoms with E-state index in [4.69, 9.17) is 0 Å². The maximum atomic E-state index is 9.98. The van der Waals surface area contributed by atoms with Crippen LogP contribution in [0.3, 0.4) is 0 Å². The van der Waals surface area contributed by atoms with Gasteiger partial charge < -0.3 is 0 Å². The monoisotopic (exact) mass is 637 g/mol. The summed E-state index contributed by atoms with van der Waals surface area (Å²) in [6.07, 6.45) is 7.86. The Hall–Kier alpha value is -6.49. The van der Waals surface area contributed by atoms with Gasteiger partial charge in [0.15, 0.2) is 0 Å². The summed E-state index contributed by atoms with van der Waals surface area (Å²) < 4.78 is 0. The van der Waals surface area contributed by atoms with Crippen molar-refractivity contribution in [2.45, 2.75) is 12.3 Å². The molecule has 0 heterocycles. The number of hydrogen-bond donors (Lipinski definition) is 0. The topological polar surface area (TPSA) is 23.8 Å². The lowest BCUT2D eigenvalue weighted by Crippen LogP contribution is -1.99. The summed E-state index contributed by atoms with van der Waals surface area (Å²) in [4.78, 5) is 0. The van der Waals surface area contributed by atoms with Crippen molar-refractivity contribution in [3.8, 4) is 61.7 Å². The van der Waals surface area contributed by atoms with Gasteiger partial charge in [-0.05, 0) is 103 Å². The zero-order valence-corrected chi connectivity index (χ0v) is 27.7. The van der Waals surface area contributed by atoms with Crippen LogP contribution in [0, 0.1) is 11.3 Å². The highest BCUT2D eigenvalue weighted by atomic mass is 14.2. The lowest BCUT2D eigenvalue weighted by atomic mass is 9.86. The van der Waals surface area contributed by atoms with E-state index in [1.165, 1.54) is 44.5 Å². The molecule has 0 radical (unpaired) electrons. The summed E-state index contributed by atoms with van der Waals surface area (Å²) in [5, 5.41) is 9.98. The van der Waals surface area contributed by atoms with Crippen LogP contribution in [0.5, 0.6) is 0 Å². The first-order valence-corrected chi connectivity index (χ1v) is 17.2. The molecule has 7 aromatic rings. The maximum Gasteiger partial charge on any atom is 0.0992 e. The molecule has 1 aliphatic carbocycles. The third-order valence-corrected chi connectivity index (χ3v) is 9.66. The van der Waals surface area contributed by atoms with Crippen molar-refractivity contribution in [3.63, 3.8) is 0 Å². The molecular weight excluding hydrogens is 603 g/mol. The summed E-state index contributed by atoms with van der Waals surface area (Å²) in [6, 6.07) is 64.6. The van der Waals surface area contributed by atoms with Gasteiger partial charge in [-0.15, -0.1) is 0 Å². The molecule has 0 amide bonds. The van der Waals surface area contributed by atoms with Gasteiger partial charge in [0.05, 0.1) is 11.6 Å². The number of nitriles is 1. The van der Waals surface area contributed by atoms with Crippen molar-refractivity contribution in [3.05, 3.63) is 211 Å². The fraction of sp³-hybridized carbons (Fsp3) is 0.0408. The molecule has 236 valence electrons. The predicted octanol–water partition coefficient (Wildman–Crippen LogP) is 13.0. The second kappa shape index (κ2) is 13.9. The summed E-state index contributed by atoms with van der Waals surface area (Å²) in [5.41, 5.74) is 15.9. The van der Waals surface area contributed by atoms with Crippen molar-refractivity contribution < 1.29 is 0 Å². The SMILES string of the molecule is N#Cc1cc(-c2ccc(-c3cccc(-c4ccc(-c5ccccc5)cc4)c3)cc2)cc(-c2cccc(C3C=CC(c4ccccc4)=CC3)c2)c1. The summed E-state index contributed by atoms with van der Waals surface area (Å²) in [6.45, 7) is 0.